The van der Waals surface area contributed by atoms with Gasteiger partial charge in [-0.2, -0.15) is 0 Å². The molecule has 0 aromatic carbocycles. The SMILES string of the molecule is CCC1CCCCCN1C(=O)NCC1(C(=O)O)CC1. The second kappa shape index (κ2) is 5.80. The molecule has 1 aliphatic carbocycles. The molecule has 5 nitrogen and oxygen atoms in total. The topological polar surface area (TPSA) is 69.6 Å². The van der Waals surface area contributed by atoms with Crippen LogP contribution in [-0.4, -0.2) is 41.1 Å². The molecule has 0 radical (unpaired) electrons. The van der Waals surface area contributed by atoms with E-state index >= 15 is 0 Å². The molecule has 2 amide bonds. The van der Waals surface area contributed by atoms with Crippen molar-refractivity contribution in [2.45, 2.75) is 57.9 Å². The summed E-state index contributed by atoms with van der Waals surface area (Å²) in [6.07, 6.45) is 6.81. The van der Waals surface area contributed by atoms with E-state index in [9.17, 15) is 9.59 Å². The monoisotopic (exact) mass is 268 g/mol. The molecular formula is C14H24N2O3. The normalized spacial score (nSPS) is 25.5. The van der Waals surface area contributed by atoms with Gasteiger partial charge in [0.25, 0.3) is 0 Å². The average molecular weight is 268 g/mol. The van der Waals surface area contributed by atoms with E-state index in [0.29, 0.717) is 18.9 Å². The van der Waals surface area contributed by atoms with Crippen LogP contribution in [0.2, 0.25) is 0 Å². The number of carbonyl (C=O) groups excluding carboxylic acids is 1. The summed E-state index contributed by atoms with van der Waals surface area (Å²) in [5.41, 5.74) is -0.677. The highest BCUT2D eigenvalue weighted by Crippen LogP contribution is 2.45. The first-order valence-corrected chi connectivity index (χ1v) is 7.37. The maximum atomic E-state index is 12.2. The van der Waals surface area contributed by atoms with Gasteiger partial charge in [0.15, 0.2) is 0 Å². The van der Waals surface area contributed by atoms with Gasteiger partial charge in [-0.15, -0.1) is 0 Å². The third kappa shape index (κ3) is 3.19. The first-order chi connectivity index (χ1) is 9.09. The molecule has 2 rings (SSSR count). The van der Waals surface area contributed by atoms with Gasteiger partial charge < -0.3 is 15.3 Å². The number of carboxylic acids is 1. The Bertz CT molecular complexity index is 353. The van der Waals surface area contributed by atoms with Crippen molar-refractivity contribution in [1.82, 2.24) is 10.2 Å². The minimum Gasteiger partial charge on any atom is -0.481 e. The molecule has 5 heteroatoms. The maximum absolute atomic E-state index is 12.2. The maximum Gasteiger partial charge on any atom is 0.317 e. The van der Waals surface area contributed by atoms with Gasteiger partial charge >= 0.3 is 12.0 Å². The molecule has 0 aromatic rings. The number of hydrogen-bond donors (Lipinski definition) is 2. The molecule has 1 saturated carbocycles. The number of nitrogens with one attached hydrogen (secondary N) is 1. The van der Waals surface area contributed by atoms with Crippen molar-refractivity contribution < 1.29 is 14.7 Å². The van der Waals surface area contributed by atoms with Gasteiger partial charge in [-0.1, -0.05) is 19.8 Å². The second-order valence-corrected chi connectivity index (χ2v) is 5.85. The molecule has 0 aromatic heterocycles. The van der Waals surface area contributed by atoms with Gasteiger partial charge in [0.2, 0.25) is 0 Å². The van der Waals surface area contributed by atoms with Crippen molar-refractivity contribution in [1.29, 1.82) is 0 Å². The van der Waals surface area contributed by atoms with Crippen molar-refractivity contribution >= 4 is 12.0 Å². The summed E-state index contributed by atoms with van der Waals surface area (Å²) in [6, 6.07) is 0.226. The number of carboxylic acid groups (broad SMARTS) is 1. The van der Waals surface area contributed by atoms with Crippen LogP contribution in [0.3, 0.4) is 0 Å². The van der Waals surface area contributed by atoms with Crippen LogP contribution >= 0.6 is 0 Å². The Morgan fingerprint density at radius 1 is 1.32 bits per heavy atom. The highest BCUT2D eigenvalue weighted by Gasteiger charge is 2.50. The zero-order valence-electron chi connectivity index (χ0n) is 11.7. The van der Waals surface area contributed by atoms with Crippen molar-refractivity contribution in [3.05, 3.63) is 0 Å². The van der Waals surface area contributed by atoms with Gasteiger partial charge in [-0.3, -0.25) is 4.79 Å². The van der Waals surface area contributed by atoms with Crippen LogP contribution in [0, 0.1) is 5.41 Å². The molecule has 2 aliphatic rings. The van der Waals surface area contributed by atoms with Gasteiger partial charge in [0, 0.05) is 19.1 Å². The van der Waals surface area contributed by atoms with E-state index in [1.165, 1.54) is 12.8 Å². The summed E-state index contributed by atoms with van der Waals surface area (Å²) in [4.78, 5) is 25.2. The Hall–Kier alpha value is -1.26. The van der Waals surface area contributed by atoms with E-state index in [4.69, 9.17) is 5.11 Å². The Morgan fingerprint density at radius 3 is 2.63 bits per heavy atom. The fourth-order valence-corrected chi connectivity index (χ4v) is 2.83. The predicted octanol–water partition coefficient (Wildman–Crippen LogP) is 2.22. The summed E-state index contributed by atoms with van der Waals surface area (Å²) >= 11 is 0. The number of hydrogen-bond acceptors (Lipinski definition) is 2. The van der Waals surface area contributed by atoms with Crippen molar-refractivity contribution in [3.63, 3.8) is 0 Å². The Labute approximate surface area is 114 Å². The van der Waals surface area contributed by atoms with Crippen LogP contribution in [0.25, 0.3) is 0 Å². The zero-order valence-corrected chi connectivity index (χ0v) is 11.7. The van der Waals surface area contributed by atoms with E-state index < -0.39 is 11.4 Å². The van der Waals surface area contributed by atoms with E-state index in [1.54, 1.807) is 0 Å². The van der Waals surface area contributed by atoms with Crippen LogP contribution in [0.4, 0.5) is 4.79 Å². The molecule has 1 saturated heterocycles. The zero-order chi connectivity index (χ0) is 13.9. The van der Waals surface area contributed by atoms with Gasteiger partial charge in [-0.05, 0) is 32.1 Å². The van der Waals surface area contributed by atoms with Crippen LogP contribution in [0.15, 0.2) is 0 Å². The third-order valence-corrected chi connectivity index (χ3v) is 4.49. The predicted molar refractivity (Wildman–Crippen MR) is 72.0 cm³/mol. The molecule has 0 bridgehead atoms. The van der Waals surface area contributed by atoms with Crippen LogP contribution in [-0.2, 0) is 4.79 Å². The smallest absolute Gasteiger partial charge is 0.317 e. The number of amides is 2. The fraction of sp³-hybridized carbons (Fsp3) is 0.857. The molecule has 108 valence electrons. The lowest BCUT2D eigenvalue weighted by Crippen LogP contribution is -2.47. The second-order valence-electron chi connectivity index (χ2n) is 5.85. The molecule has 19 heavy (non-hydrogen) atoms. The van der Waals surface area contributed by atoms with Gasteiger partial charge in [0.05, 0.1) is 5.41 Å². The first kappa shape index (κ1) is 14.2. The lowest BCUT2D eigenvalue weighted by Gasteiger charge is -2.29. The Balaban J connectivity index is 1.89. The Morgan fingerprint density at radius 2 is 2.05 bits per heavy atom. The largest absolute Gasteiger partial charge is 0.481 e. The number of rotatable bonds is 4. The van der Waals surface area contributed by atoms with E-state index in [-0.39, 0.29) is 12.6 Å². The summed E-state index contributed by atoms with van der Waals surface area (Å²) in [5.74, 6) is -0.782. The number of likely N-dealkylation sites (tertiary alicyclic amines) is 1. The molecule has 1 atom stereocenters. The number of carbonyl (C=O) groups is 2. The first-order valence-electron chi connectivity index (χ1n) is 7.37. The quantitative estimate of drug-likeness (QED) is 0.821. The van der Waals surface area contributed by atoms with Crippen LogP contribution in [0.1, 0.15) is 51.9 Å². The molecule has 2 N–H and O–H groups in total. The number of aliphatic carboxylic acids is 1. The molecule has 1 aliphatic heterocycles. The summed E-state index contributed by atoms with van der Waals surface area (Å²) in [6.45, 7) is 3.18. The molecule has 1 unspecified atom stereocenters. The highest BCUT2D eigenvalue weighted by atomic mass is 16.4. The van der Waals surface area contributed by atoms with E-state index in [0.717, 1.165) is 25.8 Å². The fourth-order valence-electron chi connectivity index (χ4n) is 2.83. The van der Waals surface area contributed by atoms with Gasteiger partial charge in [0.1, 0.15) is 0 Å². The third-order valence-electron chi connectivity index (χ3n) is 4.49. The summed E-state index contributed by atoms with van der Waals surface area (Å²) < 4.78 is 0. The van der Waals surface area contributed by atoms with Gasteiger partial charge in [-0.25, -0.2) is 4.79 Å². The molecular weight excluding hydrogens is 244 g/mol. The van der Waals surface area contributed by atoms with Crippen LogP contribution in [0.5, 0.6) is 0 Å². The number of urea groups is 1. The highest BCUT2D eigenvalue weighted by molar-refractivity contribution is 5.80. The molecule has 1 heterocycles. The lowest BCUT2D eigenvalue weighted by atomic mass is 10.1. The minimum atomic E-state index is -0.782. The van der Waals surface area contributed by atoms with Crippen LogP contribution < -0.4 is 5.32 Å². The Kier molecular flexibility index (Phi) is 4.32. The molecule has 0 spiro atoms. The van der Waals surface area contributed by atoms with Crippen molar-refractivity contribution in [2.75, 3.05) is 13.1 Å². The lowest BCUT2D eigenvalue weighted by molar-refractivity contribution is -0.143. The standard InChI is InChI=1S/C14H24N2O3/c1-2-11-6-4-3-5-9-16(11)13(19)15-10-14(7-8-14)12(17)18/h11H,2-10H2,1H3,(H,15,19)(H,17,18). The summed E-state index contributed by atoms with van der Waals surface area (Å²) in [7, 11) is 0. The number of nitrogens with zero attached hydrogens (tertiary/aromatic N) is 1. The van der Waals surface area contributed by atoms with E-state index in [1.807, 2.05) is 4.90 Å². The average Bonchev–Trinajstić information content (AvgIpc) is 3.20. The van der Waals surface area contributed by atoms with E-state index in [2.05, 4.69) is 12.2 Å². The summed E-state index contributed by atoms with van der Waals surface area (Å²) in [5, 5.41) is 11.9. The van der Waals surface area contributed by atoms with Crippen molar-refractivity contribution in [2.24, 2.45) is 5.41 Å². The molecule has 2 fully saturated rings. The van der Waals surface area contributed by atoms with Crippen molar-refractivity contribution in [3.8, 4) is 0 Å². The minimum absolute atomic E-state index is 0.0822.